The van der Waals surface area contributed by atoms with Crippen LogP contribution in [0.4, 0.5) is 13.2 Å². The molecule has 1 aliphatic rings. The Labute approximate surface area is 199 Å². The maximum Gasteiger partial charge on any atom is 0.416 e. The number of likely N-dealkylation sites (tertiary alicyclic amines) is 1. The van der Waals surface area contributed by atoms with Gasteiger partial charge in [-0.2, -0.15) is 13.2 Å². The van der Waals surface area contributed by atoms with Crippen molar-refractivity contribution in [3.05, 3.63) is 35.4 Å². The number of amides is 1. The summed E-state index contributed by atoms with van der Waals surface area (Å²) in [7, 11) is 0. The molecule has 0 aromatic heterocycles. The van der Waals surface area contributed by atoms with Gasteiger partial charge in [-0.15, -0.1) is 24.0 Å². The molecule has 1 saturated heterocycles. The summed E-state index contributed by atoms with van der Waals surface area (Å²) in [5.74, 6) is 0.443. The van der Waals surface area contributed by atoms with Crippen LogP contribution in [0.1, 0.15) is 45.2 Å². The van der Waals surface area contributed by atoms with Crippen LogP contribution in [0.5, 0.6) is 0 Å². The lowest BCUT2D eigenvalue weighted by Crippen LogP contribution is -2.46. The van der Waals surface area contributed by atoms with Crippen molar-refractivity contribution in [3.8, 4) is 0 Å². The van der Waals surface area contributed by atoms with Crippen molar-refractivity contribution < 1.29 is 18.0 Å². The van der Waals surface area contributed by atoms with Gasteiger partial charge in [0.1, 0.15) is 6.54 Å². The van der Waals surface area contributed by atoms with E-state index >= 15 is 0 Å². The van der Waals surface area contributed by atoms with Gasteiger partial charge < -0.3 is 16.0 Å². The summed E-state index contributed by atoms with van der Waals surface area (Å²) >= 11 is 0. The summed E-state index contributed by atoms with van der Waals surface area (Å²) in [4.78, 5) is 18.5. The second-order valence-corrected chi connectivity index (χ2v) is 8.55. The Morgan fingerprint density at radius 1 is 1.19 bits per heavy atom. The van der Waals surface area contributed by atoms with Crippen LogP contribution in [-0.4, -0.2) is 54.5 Å². The first-order chi connectivity index (χ1) is 14.0. The largest absolute Gasteiger partial charge is 0.416 e. The average Bonchev–Trinajstić information content (AvgIpc) is 3.05. The van der Waals surface area contributed by atoms with Gasteiger partial charge in [0.25, 0.3) is 0 Å². The number of alkyl halides is 3. The zero-order chi connectivity index (χ0) is 22.4. The van der Waals surface area contributed by atoms with Crippen LogP contribution in [0, 0.1) is 0 Å². The lowest BCUT2D eigenvalue weighted by molar-refractivity contribution is -0.137. The Morgan fingerprint density at radius 3 is 2.39 bits per heavy atom. The van der Waals surface area contributed by atoms with Gasteiger partial charge in [-0.3, -0.25) is 9.69 Å². The van der Waals surface area contributed by atoms with Gasteiger partial charge in [0.2, 0.25) is 5.91 Å². The van der Waals surface area contributed by atoms with Crippen molar-refractivity contribution in [3.63, 3.8) is 0 Å². The normalized spacial score (nSPS) is 17.8. The van der Waals surface area contributed by atoms with E-state index in [4.69, 9.17) is 0 Å². The highest BCUT2D eigenvalue weighted by atomic mass is 127. The SMILES string of the molecule is CCNC(=NCC(=O)NC(C)(C)C)NC1CCN(Cc2ccc(C(F)(F)F)cc2)C1.I. The van der Waals surface area contributed by atoms with Gasteiger partial charge in [0, 0.05) is 37.8 Å². The molecule has 1 fully saturated rings. The third kappa shape index (κ3) is 10.1. The summed E-state index contributed by atoms with van der Waals surface area (Å²) in [5, 5.41) is 9.37. The molecule has 1 atom stereocenters. The molecule has 31 heavy (non-hydrogen) atoms. The molecular formula is C21H33F3IN5O. The van der Waals surface area contributed by atoms with Crippen molar-refractivity contribution >= 4 is 35.8 Å². The Morgan fingerprint density at radius 2 is 1.84 bits per heavy atom. The highest BCUT2D eigenvalue weighted by Gasteiger charge is 2.30. The highest BCUT2D eigenvalue weighted by molar-refractivity contribution is 14.0. The third-order valence-corrected chi connectivity index (χ3v) is 4.54. The first-order valence-electron chi connectivity index (χ1n) is 10.2. The number of aliphatic imine (C=N–C) groups is 1. The molecule has 1 amide bonds. The van der Waals surface area contributed by atoms with E-state index in [1.165, 1.54) is 12.1 Å². The summed E-state index contributed by atoms with van der Waals surface area (Å²) in [6.45, 7) is 10.6. The molecule has 1 unspecified atom stereocenters. The molecule has 0 saturated carbocycles. The van der Waals surface area contributed by atoms with Crippen LogP contribution in [0.2, 0.25) is 0 Å². The number of carbonyl (C=O) groups excluding carboxylic acids is 1. The Kier molecular flexibility index (Phi) is 10.5. The maximum atomic E-state index is 12.7. The molecule has 1 aromatic rings. The number of rotatable bonds is 6. The van der Waals surface area contributed by atoms with Gasteiger partial charge in [-0.05, 0) is 51.8 Å². The standard InChI is InChI=1S/C21H32F3N5O.HI/c1-5-25-19(26-12-18(30)28-20(2,3)4)27-17-10-11-29(14-17)13-15-6-8-16(9-7-15)21(22,23)24;/h6-9,17H,5,10-14H2,1-4H3,(H,28,30)(H2,25,26,27);1H. The van der Waals surface area contributed by atoms with E-state index in [0.717, 1.165) is 37.2 Å². The first kappa shape index (κ1) is 27.5. The van der Waals surface area contributed by atoms with Gasteiger partial charge >= 0.3 is 6.18 Å². The van der Waals surface area contributed by atoms with Crippen LogP contribution in [0.25, 0.3) is 0 Å². The average molecular weight is 555 g/mol. The molecule has 10 heteroatoms. The zero-order valence-electron chi connectivity index (χ0n) is 18.5. The highest BCUT2D eigenvalue weighted by Crippen LogP contribution is 2.29. The van der Waals surface area contributed by atoms with Gasteiger partial charge in [-0.25, -0.2) is 4.99 Å². The Hall–Kier alpha value is -1.56. The fourth-order valence-corrected chi connectivity index (χ4v) is 3.27. The molecule has 3 N–H and O–H groups in total. The molecular weight excluding hydrogens is 522 g/mol. The van der Waals surface area contributed by atoms with Crippen LogP contribution in [0.15, 0.2) is 29.3 Å². The number of hydrogen-bond donors (Lipinski definition) is 3. The minimum absolute atomic E-state index is 0. The lowest BCUT2D eigenvalue weighted by atomic mass is 10.1. The molecule has 0 bridgehead atoms. The molecule has 0 aliphatic carbocycles. The monoisotopic (exact) mass is 555 g/mol. The van der Waals surface area contributed by atoms with Crippen LogP contribution < -0.4 is 16.0 Å². The molecule has 1 aromatic carbocycles. The summed E-state index contributed by atoms with van der Waals surface area (Å²) in [6, 6.07) is 5.47. The predicted molar refractivity (Wildman–Crippen MR) is 128 cm³/mol. The second kappa shape index (κ2) is 11.9. The number of hydrogen-bond acceptors (Lipinski definition) is 3. The van der Waals surface area contributed by atoms with E-state index in [9.17, 15) is 18.0 Å². The van der Waals surface area contributed by atoms with Crippen molar-refractivity contribution in [2.75, 3.05) is 26.2 Å². The number of halogens is 4. The van der Waals surface area contributed by atoms with E-state index < -0.39 is 11.7 Å². The fourth-order valence-electron chi connectivity index (χ4n) is 3.27. The number of guanidine groups is 1. The minimum atomic E-state index is -4.31. The van der Waals surface area contributed by atoms with E-state index in [2.05, 4.69) is 25.8 Å². The smallest absolute Gasteiger partial charge is 0.357 e. The number of carbonyl (C=O) groups is 1. The lowest BCUT2D eigenvalue weighted by Gasteiger charge is -2.21. The molecule has 176 valence electrons. The maximum absolute atomic E-state index is 12.7. The van der Waals surface area contributed by atoms with Crippen LogP contribution in [0.3, 0.4) is 0 Å². The van der Waals surface area contributed by atoms with E-state index in [1.807, 2.05) is 27.7 Å². The zero-order valence-corrected chi connectivity index (χ0v) is 20.8. The fraction of sp³-hybridized carbons (Fsp3) is 0.619. The molecule has 0 radical (unpaired) electrons. The van der Waals surface area contributed by atoms with E-state index in [-0.39, 0.29) is 48.0 Å². The summed E-state index contributed by atoms with van der Waals surface area (Å²) < 4.78 is 38.1. The van der Waals surface area contributed by atoms with Gasteiger partial charge in [0.05, 0.1) is 5.56 Å². The summed E-state index contributed by atoms with van der Waals surface area (Å²) in [5.41, 5.74) is -0.0832. The van der Waals surface area contributed by atoms with Crippen LogP contribution in [-0.2, 0) is 17.5 Å². The second-order valence-electron chi connectivity index (χ2n) is 8.55. The van der Waals surface area contributed by atoms with Gasteiger partial charge in [-0.1, -0.05) is 12.1 Å². The van der Waals surface area contributed by atoms with E-state index in [0.29, 0.717) is 19.0 Å². The topological polar surface area (TPSA) is 68.8 Å². The van der Waals surface area contributed by atoms with Crippen molar-refractivity contribution in [2.45, 2.75) is 58.4 Å². The first-order valence-corrected chi connectivity index (χ1v) is 10.2. The Bertz CT molecular complexity index is 732. The number of nitrogens with zero attached hydrogens (tertiary/aromatic N) is 2. The Balaban J connectivity index is 0.00000480. The number of nitrogens with one attached hydrogen (secondary N) is 3. The minimum Gasteiger partial charge on any atom is -0.357 e. The molecule has 1 aliphatic heterocycles. The van der Waals surface area contributed by atoms with E-state index in [1.54, 1.807) is 0 Å². The van der Waals surface area contributed by atoms with Crippen molar-refractivity contribution in [1.82, 2.24) is 20.9 Å². The molecule has 0 spiro atoms. The van der Waals surface area contributed by atoms with Crippen LogP contribution >= 0.6 is 24.0 Å². The number of benzene rings is 1. The van der Waals surface area contributed by atoms with Crippen molar-refractivity contribution in [1.29, 1.82) is 0 Å². The quantitative estimate of drug-likeness (QED) is 0.286. The third-order valence-electron chi connectivity index (χ3n) is 4.54. The van der Waals surface area contributed by atoms with Crippen molar-refractivity contribution in [2.24, 2.45) is 4.99 Å². The summed E-state index contributed by atoms with van der Waals surface area (Å²) in [6.07, 6.45) is -3.42. The molecule has 2 rings (SSSR count). The van der Waals surface area contributed by atoms with Gasteiger partial charge in [0.15, 0.2) is 5.96 Å². The molecule has 1 heterocycles. The predicted octanol–water partition coefficient (Wildman–Crippen LogP) is 3.37. The molecule has 6 nitrogen and oxygen atoms in total.